The summed E-state index contributed by atoms with van der Waals surface area (Å²) in [5.74, 6) is 0.274. The normalized spacial score (nSPS) is 12.7. The van der Waals surface area contributed by atoms with Gasteiger partial charge in [0, 0.05) is 26.0 Å². The van der Waals surface area contributed by atoms with Crippen LogP contribution in [-0.4, -0.2) is 38.9 Å². The number of ether oxygens (including phenoxy) is 2. The van der Waals surface area contributed by atoms with Crippen LogP contribution in [0.4, 0.5) is 5.69 Å². The molecule has 0 aliphatic carbocycles. The summed E-state index contributed by atoms with van der Waals surface area (Å²) < 4.78 is 10.7. The van der Waals surface area contributed by atoms with Crippen LogP contribution in [0.3, 0.4) is 0 Å². The lowest BCUT2D eigenvalue weighted by molar-refractivity contribution is -0.117. The van der Waals surface area contributed by atoms with E-state index in [0.717, 1.165) is 16.8 Å². The largest absolute Gasteiger partial charge is 0.454 e. The number of hydrogen-bond donors (Lipinski definition) is 2. The van der Waals surface area contributed by atoms with Gasteiger partial charge in [-0.15, -0.1) is 0 Å². The Hall–Kier alpha value is -4.56. The molecule has 0 bridgehead atoms. The van der Waals surface area contributed by atoms with E-state index in [0.29, 0.717) is 11.5 Å². The van der Waals surface area contributed by atoms with Crippen molar-refractivity contribution in [1.29, 1.82) is 0 Å². The molecule has 188 valence electrons. The lowest BCUT2D eigenvalue weighted by Crippen LogP contribution is -2.32. The highest BCUT2D eigenvalue weighted by molar-refractivity contribution is 6.34. The van der Waals surface area contributed by atoms with E-state index in [-0.39, 0.29) is 23.1 Å². The quantitative estimate of drug-likeness (QED) is 0.257. The minimum Gasteiger partial charge on any atom is -0.454 e. The Balaban J connectivity index is 1.47. The van der Waals surface area contributed by atoms with Gasteiger partial charge in [0.15, 0.2) is 11.5 Å². The molecule has 1 aliphatic heterocycles. The molecule has 9 heteroatoms. The van der Waals surface area contributed by atoms with Crippen LogP contribution < -0.4 is 25.1 Å². The predicted molar refractivity (Wildman–Crippen MR) is 146 cm³/mol. The van der Waals surface area contributed by atoms with Crippen molar-refractivity contribution in [2.24, 2.45) is 5.10 Å². The zero-order chi connectivity index (χ0) is 26.2. The molecule has 8 nitrogen and oxygen atoms in total. The van der Waals surface area contributed by atoms with Crippen LogP contribution in [0.25, 0.3) is 12.2 Å². The molecule has 0 aromatic heterocycles. The lowest BCUT2D eigenvalue weighted by atomic mass is 10.1. The van der Waals surface area contributed by atoms with Crippen molar-refractivity contribution in [1.82, 2.24) is 10.7 Å². The molecule has 0 radical (unpaired) electrons. The Bertz CT molecular complexity index is 1380. The second kappa shape index (κ2) is 11.9. The number of amides is 2. The van der Waals surface area contributed by atoms with E-state index in [1.54, 1.807) is 42.5 Å². The summed E-state index contributed by atoms with van der Waals surface area (Å²) in [5, 5.41) is 6.89. The smallest absolute Gasteiger partial charge is 0.287 e. The van der Waals surface area contributed by atoms with Gasteiger partial charge in [0.05, 0.1) is 10.6 Å². The molecule has 0 saturated heterocycles. The van der Waals surface area contributed by atoms with Gasteiger partial charge in [0.25, 0.3) is 11.8 Å². The summed E-state index contributed by atoms with van der Waals surface area (Å²) in [6, 6.07) is 19.7. The zero-order valence-electron chi connectivity index (χ0n) is 20.3. The SMILES string of the molecule is CN(C)c1ccc(C=C(NC(=O)c2ccccc2Cl)C(=O)NN=CC=Cc2ccc3c(c2)OCO3)cc1. The fourth-order valence-corrected chi connectivity index (χ4v) is 3.62. The third-order valence-corrected chi connectivity index (χ3v) is 5.67. The monoisotopic (exact) mass is 516 g/mol. The molecule has 0 unspecified atom stereocenters. The highest BCUT2D eigenvalue weighted by Gasteiger charge is 2.16. The summed E-state index contributed by atoms with van der Waals surface area (Å²) in [7, 11) is 3.87. The number of nitrogens with one attached hydrogen (secondary N) is 2. The number of hydrogen-bond acceptors (Lipinski definition) is 6. The van der Waals surface area contributed by atoms with E-state index in [4.69, 9.17) is 21.1 Å². The Morgan fingerprint density at radius 1 is 0.973 bits per heavy atom. The number of fused-ring (bicyclic) bond motifs is 1. The number of allylic oxidation sites excluding steroid dienone is 1. The molecule has 3 aromatic carbocycles. The van der Waals surface area contributed by atoms with Crippen LogP contribution in [0.2, 0.25) is 5.02 Å². The first kappa shape index (κ1) is 25.5. The molecule has 0 saturated carbocycles. The summed E-state index contributed by atoms with van der Waals surface area (Å²) in [6.45, 7) is 0.207. The van der Waals surface area contributed by atoms with Crippen molar-refractivity contribution in [3.63, 3.8) is 0 Å². The van der Waals surface area contributed by atoms with Crippen LogP contribution in [0.15, 0.2) is 83.6 Å². The number of hydrazone groups is 1. The maximum Gasteiger partial charge on any atom is 0.287 e. The van der Waals surface area contributed by atoms with Gasteiger partial charge in [0.2, 0.25) is 6.79 Å². The summed E-state index contributed by atoms with van der Waals surface area (Å²) in [4.78, 5) is 27.7. The second-order valence-electron chi connectivity index (χ2n) is 8.17. The molecule has 3 aromatic rings. The number of nitrogens with zero attached hydrogens (tertiary/aromatic N) is 2. The Kier molecular flexibility index (Phi) is 8.22. The van der Waals surface area contributed by atoms with Crippen molar-refractivity contribution in [2.45, 2.75) is 0 Å². The molecule has 37 heavy (non-hydrogen) atoms. The van der Waals surface area contributed by atoms with Gasteiger partial charge in [-0.1, -0.05) is 48.0 Å². The van der Waals surface area contributed by atoms with Crippen LogP contribution in [0.1, 0.15) is 21.5 Å². The van der Waals surface area contributed by atoms with E-state index in [2.05, 4.69) is 15.8 Å². The van der Waals surface area contributed by atoms with E-state index < -0.39 is 11.8 Å². The van der Waals surface area contributed by atoms with Gasteiger partial charge in [-0.05, 0) is 59.7 Å². The van der Waals surface area contributed by atoms with Gasteiger partial charge in [0.1, 0.15) is 5.70 Å². The summed E-state index contributed by atoms with van der Waals surface area (Å²) >= 11 is 6.16. The number of rotatable bonds is 8. The number of halogens is 1. The molecule has 4 rings (SSSR count). The maximum atomic E-state index is 12.9. The molecule has 0 fully saturated rings. The number of anilines is 1. The fourth-order valence-electron chi connectivity index (χ4n) is 3.40. The first-order valence-corrected chi connectivity index (χ1v) is 11.7. The van der Waals surface area contributed by atoms with Gasteiger partial charge < -0.3 is 19.7 Å². The average Bonchev–Trinajstić information content (AvgIpc) is 3.36. The van der Waals surface area contributed by atoms with Crippen molar-refractivity contribution >= 4 is 47.5 Å². The predicted octanol–water partition coefficient (Wildman–Crippen LogP) is 4.72. The number of carbonyl (C=O) groups is 2. The zero-order valence-corrected chi connectivity index (χ0v) is 21.0. The second-order valence-corrected chi connectivity index (χ2v) is 8.58. The minimum absolute atomic E-state index is 0.0134. The van der Waals surface area contributed by atoms with Crippen LogP contribution in [-0.2, 0) is 4.79 Å². The van der Waals surface area contributed by atoms with Crippen molar-refractivity contribution in [3.8, 4) is 11.5 Å². The topological polar surface area (TPSA) is 92.3 Å². The van der Waals surface area contributed by atoms with E-state index >= 15 is 0 Å². The average molecular weight is 517 g/mol. The van der Waals surface area contributed by atoms with E-state index in [9.17, 15) is 9.59 Å². The molecule has 2 N–H and O–H groups in total. The first-order valence-electron chi connectivity index (χ1n) is 11.4. The third kappa shape index (κ3) is 6.77. The van der Waals surface area contributed by atoms with Crippen LogP contribution in [0.5, 0.6) is 11.5 Å². The fraction of sp³-hybridized carbons (Fsp3) is 0.107. The van der Waals surface area contributed by atoms with Gasteiger partial charge in [-0.2, -0.15) is 5.10 Å². The first-order chi connectivity index (χ1) is 17.9. The highest BCUT2D eigenvalue weighted by Crippen LogP contribution is 2.32. The molecular weight excluding hydrogens is 492 g/mol. The van der Waals surface area contributed by atoms with Gasteiger partial charge in [-0.25, -0.2) is 5.43 Å². The van der Waals surface area contributed by atoms with Crippen molar-refractivity contribution in [3.05, 3.63) is 100 Å². The Labute approximate surface area is 219 Å². The Morgan fingerprint density at radius 3 is 2.46 bits per heavy atom. The van der Waals surface area contributed by atoms with Crippen LogP contribution >= 0.6 is 11.6 Å². The molecule has 0 atom stereocenters. The molecule has 2 amide bonds. The molecule has 1 heterocycles. The van der Waals surface area contributed by atoms with Gasteiger partial charge >= 0.3 is 0 Å². The van der Waals surface area contributed by atoms with E-state index in [1.807, 2.05) is 61.5 Å². The van der Waals surface area contributed by atoms with E-state index in [1.165, 1.54) is 6.21 Å². The minimum atomic E-state index is -0.593. The molecule has 1 aliphatic rings. The van der Waals surface area contributed by atoms with Crippen molar-refractivity contribution < 1.29 is 19.1 Å². The molecule has 0 spiro atoms. The summed E-state index contributed by atoms with van der Waals surface area (Å²) in [6.07, 6.45) is 6.48. The third-order valence-electron chi connectivity index (χ3n) is 5.34. The standard InChI is InChI=1S/C28H25ClN4O4/c1-33(2)21-12-9-20(10-13-21)16-24(31-27(34)22-7-3-4-8-23(22)29)28(35)32-30-15-5-6-19-11-14-25-26(17-19)37-18-36-25/h3-17H,18H2,1-2H3,(H,31,34)(H,32,35). The van der Waals surface area contributed by atoms with Gasteiger partial charge in [-0.3, -0.25) is 9.59 Å². The number of carbonyl (C=O) groups excluding carboxylic acids is 2. The molecular formula is C28H25ClN4O4. The summed E-state index contributed by atoms with van der Waals surface area (Å²) in [5.41, 5.74) is 5.32. The maximum absolute atomic E-state index is 12.9. The highest BCUT2D eigenvalue weighted by atomic mass is 35.5. The Morgan fingerprint density at radius 2 is 1.70 bits per heavy atom. The lowest BCUT2D eigenvalue weighted by Gasteiger charge is -2.13. The number of benzene rings is 3. The van der Waals surface area contributed by atoms with Crippen molar-refractivity contribution in [2.75, 3.05) is 25.8 Å². The van der Waals surface area contributed by atoms with Crippen LogP contribution in [0, 0.1) is 0 Å².